The third-order valence-corrected chi connectivity index (χ3v) is 4.18. The fourth-order valence-corrected chi connectivity index (χ4v) is 2.33. The van der Waals surface area contributed by atoms with Gasteiger partial charge < -0.3 is 19.7 Å². The van der Waals surface area contributed by atoms with Crippen molar-refractivity contribution >= 4 is 5.91 Å². The molecule has 0 aliphatic heterocycles. The molecule has 0 saturated heterocycles. The first-order valence-electron chi connectivity index (χ1n) is 8.49. The van der Waals surface area contributed by atoms with Crippen LogP contribution in [0.15, 0.2) is 28.8 Å². The quantitative estimate of drug-likeness (QED) is 0.767. The Morgan fingerprint density at radius 1 is 1.28 bits per heavy atom. The minimum Gasteiger partial charge on any atom is -0.489 e. The van der Waals surface area contributed by atoms with E-state index in [1.54, 1.807) is 24.3 Å². The number of amides is 1. The largest absolute Gasteiger partial charge is 0.489 e. The van der Waals surface area contributed by atoms with E-state index in [0.29, 0.717) is 30.9 Å². The van der Waals surface area contributed by atoms with Crippen LogP contribution in [0.2, 0.25) is 0 Å². The van der Waals surface area contributed by atoms with Crippen molar-refractivity contribution < 1.29 is 19.2 Å². The molecule has 0 radical (unpaired) electrons. The Kier molecular flexibility index (Phi) is 6.58. The molecule has 136 valence electrons. The number of hydrogen-bond donors (Lipinski definition) is 2. The zero-order valence-electron chi connectivity index (χ0n) is 15.2. The molecule has 1 atom stereocenters. The molecule has 2 N–H and O–H groups in total. The van der Waals surface area contributed by atoms with Crippen molar-refractivity contribution in [2.75, 3.05) is 6.54 Å². The molecule has 6 heteroatoms. The number of nitrogens with one attached hydrogen (secondary N) is 1. The first-order valence-corrected chi connectivity index (χ1v) is 8.49. The SMILES string of the molecule is Cc1noc(C)c1COc1ccc(C(=O)NCCC(O)C(C)C)cc1. The van der Waals surface area contributed by atoms with Crippen molar-refractivity contribution in [1.82, 2.24) is 10.5 Å². The standard InChI is InChI=1S/C19H26N2O4/c1-12(2)18(22)9-10-20-19(23)15-5-7-16(8-6-15)24-11-17-13(3)21-25-14(17)4/h5-8,12,18,22H,9-11H2,1-4H3,(H,20,23). The van der Waals surface area contributed by atoms with Crippen molar-refractivity contribution in [3.8, 4) is 5.75 Å². The van der Waals surface area contributed by atoms with Crippen molar-refractivity contribution in [3.05, 3.63) is 46.8 Å². The van der Waals surface area contributed by atoms with Crippen LogP contribution in [0.4, 0.5) is 0 Å². The molecule has 1 unspecified atom stereocenters. The van der Waals surface area contributed by atoms with Crippen LogP contribution in [0.1, 0.15) is 47.6 Å². The predicted octanol–water partition coefficient (Wildman–Crippen LogP) is 3.01. The number of carbonyl (C=O) groups is 1. The molecule has 1 aromatic heterocycles. The van der Waals surface area contributed by atoms with Crippen molar-refractivity contribution in [2.24, 2.45) is 5.92 Å². The molecule has 1 amide bonds. The number of rotatable bonds is 8. The Labute approximate surface area is 148 Å². The number of nitrogens with zero attached hydrogens (tertiary/aromatic N) is 1. The lowest BCUT2D eigenvalue weighted by Gasteiger charge is -2.14. The summed E-state index contributed by atoms with van der Waals surface area (Å²) in [6.45, 7) is 8.45. The van der Waals surface area contributed by atoms with E-state index in [2.05, 4.69) is 10.5 Å². The predicted molar refractivity (Wildman–Crippen MR) is 94.5 cm³/mol. The molecule has 1 heterocycles. The van der Waals surface area contributed by atoms with Crippen LogP contribution in [-0.2, 0) is 6.61 Å². The fourth-order valence-electron chi connectivity index (χ4n) is 2.33. The van der Waals surface area contributed by atoms with Gasteiger partial charge >= 0.3 is 0 Å². The summed E-state index contributed by atoms with van der Waals surface area (Å²) >= 11 is 0. The molecule has 25 heavy (non-hydrogen) atoms. The van der Waals surface area contributed by atoms with Gasteiger partial charge in [-0.15, -0.1) is 0 Å². The maximum atomic E-state index is 12.1. The monoisotopic (exact) mass is 346 g/mol. The lowest BCUT2D eigenvalue weighted by Crippen LogP contribution is -2.28. The zero-order valence-corrected chi connectivity index (χ0v) is 15.2. The van der Waals surface area contributed by atoms with E-state index in [0.717, 1.165) is 17.0 Å². The van der Waals surface area contributed by atoms with E-state index >= 15 is 0 Å². The van der Waals surface area contributed by atoms with Gasteiger partial charge in [0.15, 0.2) is 0 Å². The highest BCUT2D eigenvalue weighted by molar-refractivity contribution is 5.94. The second-order valence-electron chi connectivity index (χ2n) is 6.47. The van der Waals surface area contributed by atoms with Gasteiger partial charge in [0, 0.05) is 12.1 Å². The average molecular weight is 346 g/mol. The summed E-state index contributed by atoms with van der Waals surface area (Å²) in [6.07, 6.45) is 0.141. The van der Waals surface area contributed by atoms with Crippen LogP contribution >= 0.6 is 0 Å². The van der Waals surface area contributed by atoms with Gasteiger partial charge in [-0.1, -0.05) is 19.0 Å². The second-order valence-corrected chi connectivity index (χ2v) is 6.47. The van der Waals surface area contributed by atoms with Crippen LogP contribution in [0.5, 0.6) is 5.75 Å². The zero-order chi connectivity index (χ0) is 18.4. The molecule has 2 aromatic rings. The lowest BCUT2D eigenvalue weighted by atomic mass is 10.0. The highest BCUT2D eigenvalue weighted by atomic mass is 16.5. The van der Waals surface area contributed by atoms with Gasteiger partial charge in [-0.2, -0.15) is 0 Å². The molecular weight excluding hydrogens is 320 g/mol. The summed E-state index contributed by atoms with van der Waals surface area (Å²) in [5.41, 5.74) is 2.31. The normalized spacial score (nSPS) is 12.2. The topological polar surface area (TPSA) is 84.6 Å². The van der Waals surface area contributed by atoms with Gasteiger partial charge in [0.1, 0.15) is 18.1 Å². The molecule has 2 rings (SSSR count). The maximum Gasteiger partial charge on any atom is 0.251 e. The molecule has 6 nitrogen and oxygen atoms in total. The van der Waals surface area contributed by atoms with Crippen LogP contribution < -0.4 is 10.1 Å². The average Bonchev–Trinajstić information content (AvgIpc) is 2.91. The smallest absolute Gasteiger partial charge is 0.251 e. The Balaban J connectivity index is 1.83. The number of benzene rings is 1. The molecule has 1 aromatic carbocycles. The van der Waals surface area contributed by atoms with E-state index in [4.69, 9.17) is 9.26 Å². The summed E-state index contributed by atoms with van der Waals surface area (Å²) in [5, 5.41) is 16.4. The first-order chi connectivity index (χ1) is 11.9. The Morgan fingerprint density at radius 2 is 1.96 bits per heavy atom. The minimum absolute atomic E-state index is 0.159. The summed E-state index contributed by atoms with van der Waals surface area (Å²) in [6, 6.07) is 6.96. The second kappa shape index (κ2) is 8.67. The van der Waals surface area contributed by atoms with E-state index < -0.39 is 6.10 Å². The summed E-state index contributed by atoms with van der Waals surface area (Å²) < 4.78 is 10.8. The van der Waals surface area contributed by atoms with E-state index in [-0.39, 0.29) is 11.8 Å². The summed E-state index contributed by atoms with van der Waals surface area (Å²) in [7, 11) is 0. The number of hydrogen-bond acceptors (Lipinski definition) is 5. The molecule has 0 saturated carbocycles. The van der Waals surface area contributed by atoms with Gasteiger partial charge in [-0.3, -0.25) is 4.79 Å². The summed E-state index contributed by atoms with van der Waals surface area (Å²) in [4.78, 5) is 12.1. The molecular formula is C19H26N2O4. The molecule has 0 spiro atoms. The highest BCUT2D eigenvalue weighted by Crippen LogP contribution is 2.18. The van der Waals surface area contributed by atoms with Crippen LogP contribution in [0, 0.1) is 19.8 Å². The number of carbonyl (C=O) groups excluding carboxylic acids is 1. The molecule has 0 bridgehead atoms. The van der Waals surface area contributed by atoms with Crippen molar-refractivity contribution in [3.63, 3.8) is 0 Å². The number of aliphatic hydroxyl groups is 1. The Morgan fingerprint density at radius 3 is 2.52 bits per heavy atom. The Hall–Kier alpha value is -2.34. The number of aryl methyl sites for hydroxylation is 2. The maximum absolute atomic E-state index is 12.1. The lowest BCUT2D eigenvalue weighted by molar-refractivity contribution is 0.0920. The highest BCUT2D eigenvalue weighted by Gasteiger charge is 2.12. The molecule has 0 aliphatic rings. The van der Waals surface area contributed by atoms with Crippen LogP contribution in [0.25, 0.3) is 0 Å². The van der Waals surface area contributed by atoms with Crippen LogP contribution in [-0.4, -0.2) is 28.8 Å². The number of ether oxygens (including phenoxy) is 1. The van der Waals surface area contributed by atoms with Gasteiger partial charge in [0.2, 0.25) is 0 Å². The van der Waals surface area contributed by atoms with Crippen LogP contribution in [0.3, 0.4) is 0 Å². The van der Waals surface area contributed by atoms with E-state index in [9.17, 15) is 9.90 Å². The minimum atomic E-state index is -0.402. The van der Waals surface area contributed by atoms with Gasteiger partial charge in [-0.25, -0.2) is 0 Å². The summed E-state index contributed by atoms with van der Waals surface area (Å²) in [5.74, 6) is 1.45. The molecule has 0 aliphatic carbocycles. The van der Waals surface area contributed by atoms with E-state index in [1.165, 1.54) is 0 Å². The van der Waals surface area contributed by atoms with Crippen molar-refractivity contribution in [2.45, 2.75) is 46.8 Å². The van der Waals surface area contributed by atoms with Crippen molar-refractivity contribution in [1.29, 1.82) is 0 Å². The third kappa shape index (κ3) is 5.32. The van der Waals surface area contributed by atoms with Gasteiger partial charge in [-0.05, 0) is 50.5 Å². The first kappa shape index (κ1) is 19.0. The van der Waals surface area contributed by atoms with E-state index in [1.807, 2.05) is 27.7 Å². The molecule has 0 fully saturated rings. The fraction of sp³-hybridized carbons (Fsp3) is 0.474. The van der Waals surface area contributed by atoms with Gasteiger partial charge in [0.25, 0.3) is 5.91 Å². The third-order valence-electron chi connectivity index (χ3n) is 4.18. The number of aromatic nitrogens is 1. The van der Waals surface area contributed by atoms with Gasteiger partial charge in [0.05, 0.1) is 17.4 Å². The Bertz CT molecular complexity index is 672. The number of aliphatic hydroxyl groups excluding tert-OH is 1.